The van der Waals surface area contributed by atoms with E-state index in [4.69, 9.17) is 4.74 Å². The van der Waals surface area contributed by atoms with Gasteiger partial charge in [0.25, 0.3) is 0 Å². The number of hydrogen-bond acceptors (Lipinski definition) is 3. The van der Waals surface area contributed by atoms with Crippen LogP contribution in [0.1, 0.15) is 19.4 Å². The lowest BCUT2D eigenvalue weighted by molar-refractivity contribution is 0.135. The van der Waals surface area contributed by atoms with Crippen molar-refractivity contribution in [3.63, 3.8) is 0 Å². The summed E-state index contributed by atoms with van der Waals surface area (Å²) in [6.07, 6.45) is 0. The molecule has 1 heterocycles. The molecular weight excluding hydrogens is 266 g/mol. The molecule has 21 heavy (non-hydrogen) atoms. The highest BCUT2D eigenvalue weighted by Gasteiger charge is 2.20. The number of benzene rings is 1. The maximum absolute atomic E-state index is 11.7. The fraction of sp³-hybridized carbons (Fsp3) is 0.562. The summed E-state index contributed by atoms with van der Waals surface area (Å²) < 4.78 is 5.45. The number of hydrogen-bond donors (Lipinski definition) is 1. The Labute approximate surface area is 126 Å². The number of amides is 2. The van der Waals surface area contributed by atoms with Gasteiger partial charge in [0.15, 0.2) is 0 Å². The van der Waals surface area contributed by atoms with Crippen LogP contribution in [-0.2, 0) is 6.54 Å². The molecule has 0 radical (unpaired) electrons. The Kier molecular flexibility index (Phi) is 5.87. The molecule has 1 aliphatic heterocycles. The molecule has 0 aliphatic carbocycles. The van der Waals surface area contributed by atoms with Crippen LogP contribution in [0.4, 0.5) is 4.79 Å². The molecule has 1 fully saturated rings. The first-order chi connectivity index (χ1) is 10.2. The molecule has 116 valence electrons. The molecular formula is C16H25N3O2. The van der Waals surface area contributed by atoms with Crippen LogP contribution < -0.4 is 10.1 Å². The van der Waals surface area contributed by atoms with Gasteiger partial charge >= 0.3 is 6.03 Å². The second kappa shape index (κ2) is 7.88. The van der Waals surface area contributed by atoms with Crippen molar-refractivity contribution < 1.29 is 9.53 Å². The van der Waals surface area contributed by atoms with Crippen LogP contribution in [0, 0.1) is 0 Å². The normalized spacial score (nSPS) is 15.8. The van der Waals surface area contributed by atoms with Gasteiger partial charge < -0.3 is 15.0 Å². The molecule has 2 amide bonds. The van der Waals surface area contributed by atoms with Gasteiger partial charge in [-0.2, -0.15) is 0 Å². The number of ether oxygens (including phenoxy) is 1. The van der Waals surface area contributed by atoms with Crippen molar-refractivity contribution in [3.8, 4) is 5.75 Å². The van der Waals surface area contributed by atoms with Crippen molar-refractivity contribution in [1.29, 1.82) is 0 Å². The van der Waals surface area contributed by atoms with E-state index in [2.05, 4.69) is 22.3 Å². The van der Waals surface area contributed by atoms with E-state index in [0.29, 0.717) is 13.2 Å². The minimum Gasteiger partial charge on any atom is -0.494 e. The third-order valence-corrected chi connectivity index (χ3v) is 3.63. The van der Waals surface area contributed by atoms with E-state index in [-0.39, 0.29) is 6.03 Å². The average Bonchev–Trinajstić information content (AvgIpc) is 2.50. The van der Waals surface area contributed by atoms with Crippen LogP contribution in [0.2, 0.25) is 0 Å². The summed E-state index contributed by atoms with van der Waals surface area (Å²) in [5, 5.41) is 2.85. The molecule has 2 rings (SSSR count). The highest BCUT2D eigenvalue weighted by Crippen LogP contribution is 2.14. The smallest absolute Gasteiger partial charge is 0.317 e. The second-order valence-electron chi connectivity index (χ2n) is 5.18. The largest absolute Gasteiger partial charge is 0.494 e. The quantitative estimate of drug-likeness (QED) is 0.901. The summed E-state index contributed by atoms with van der Waals surface area (Å²) >= 11 is 0. The van der Waals surface area contributed by atoms with E-state index in [1.807, 2.05) is 30.9 Å². The number of piperazine rings is 1. The van der Waals surface area contributed by atoms with Gasteiger partial charge in [0.05, 0.1) is 6.61 Å². The number of rotatable bonds is 5. The molecule has 1 N–H and O–H groups in total. The van der Waals surface area contributed by atoms with Gasteiger partial charge in [-0.3, -0.25) is 4.90 Å². The molecule has 0 unspecified atom stereocenters. The Morgan fingerprint density at radius 3 is 2.38 bits per heavy atom. The zero-order valence-electron chi connectivity index (χ0n) is 13.0. The number of nitrogens with zero attached hydrogens (tertiary/aromatic N) is 2. The van der Waals surface area contributed by atoms with Gasteiger partial charge in [-0.15, -0.1) is 0 Å². The average molecular weight is 291 g/mol. The van der Waals surface area contributed by atoms with Crippen LogP contribution >= 0.6 is 0 Å². The fourth-order valence-electron chi connectivity index (χ4n) is 2.49. The first-order valence-electron chi connectivity index (χ1n) is 7.69. The van der Waals surface area contributed by atoms with Gasteiger partial charge in [-0.1, -0.05) is 12.1 Å². The van der Waals surface area contributed by atoms with Crippen LogP contribution in [0.5, 0.6) is 5.75 Å². The van der Waals surface area contributed by atoms with Crippen LogP contribution in [0.15, 0.2) is 24.3 Å². The van der Waals surface area contributed by atoms with E-state index in [0.717, 1.165) is 38.5 Å². The zero-order chi connectivity index (χ0) is 15.1. The van der Waals surface area contributed by atoms with E-state index < -0.39 is 0 Å². The van der Waals surface area contributed by atoms with E-state index in [1.165, 1.54) is 5.56 Å². The monoisotopic (exact) mass is 291 g/mol. The molecule has 0 bridgehead atoms. The van der Waals surface area contributed by atoms with Crippen LogP contribution in [0.25, 0.3) is 0 Å². The van der Waals surface area contributed by atoms with E-state index >= 15 is 0 Å². The fourth-order valence-corrected chi connectivity index (χ4v) is 2.49. The summed E-state index contributed by atoms with van der Waals surface area (Å²) in [7, 11) is 0. The van der Waals surface area contributed by atoms with Gasteiger partial charge in [0, 0.05) is 39.3 Å². The first-order valence-corrected chi connectivity index (χ1v) is 7.69. The maximum atomic E-state index is 11.7. The third kappa shape index (κ3) is 4.63. The number of urea groups is 1. The molecule has 0 aromatic heterocycles. The minimum atomic E-state index is 0.0539. The van der Waals surface area contributed by atoms with Gasteiger partial charge in [-0.05, 0) is 31.5 Å². The van der Waals surface area contributed by atoms with Gasteiger partial charge in [0.2, 0.25) is 0 Å². The summed E-state index contributed by atoms with van der Waals surface area (Å²) in [5.41, 5.74) is 1.28. The van der Waals surface area contributed by atoms with Crippen molar-refractivity contribution >= 4 is 6.03 Å². The van der Waals surface area contributed by atoms with E-state index in [1.54, 1.807) is 0 Å². The summed E-state index contributed by atoms with van der Waals surface area (Å²) in [6, 6.07) is 8.31. The molecule has 1 aliphatic rings. The zero-order valence-corrected chi connectivity index (χ0v) is 13.0. The Hall–Kier alpha value is -1.75. The lowest BCUT2D eigenvalue weighted by Crippen LogP contribution is -2.51. The summed E-state index contributed by atoms with van der Waals surface area (Å²) in [4.78, 5) is 16.0. The predicted octanol–water partition coefficient (Wildman–Crippen LogP) is 1.93. The van der Waals surface area contributed by atoms with Gasteiger partial charge in [0.1, 0.15) is 5.75 Å². The maximum Gasteiger partial charge on any atom is 0.317 e. The predicted molar refractivity (Wildman–Crippen MR) is 83.5 cm³/mol. The van der Waals surface area contributed by atoms with Crippen molar-refractivity contribution in [2.75, 3.05) is 39.3 Å². The molecule has 1 aromatic carbocycles. The van der Waals surface area contributed by atoms with Crippen molar-refractivity contribution in [2.45, 2.75) is 20.4 Å². The second-order valence-corrected chi connectivity index (χ2v) is 5.18. The van der Waals surface area contributed by atoms with Crippen LogP contribution in [-0.4, -0.2) is 55.2 Å². The molecule has 0 saturated carbocycles. The first kappa shape index (κ1) is 15.6. The summed E-state index contributed by atoms with van der Waals surface area (Å²) in [6.45, 7) is 9.67. The number of carbonyl (C=O) groups is 1. The minimum absolute atomic E-state index is 0.0539. The lowest BCUT2D eigenvalue weighted by atomic mass is 10.2. The standard InChI is InChI=1S/C16H25N3O2/c1-3-17-16(20)19-11-9-18(10-12-19)13-14-5-7-15(8-6-14)21-4-2/h5-8H,3-4,9-13H2,1-2H3,(H,17,20). The topological polar surface area (TPSA) is 44.8 Å². The highest BCUT2D eigenvalue weighted by molar-refractivity contribution is 5.74. The third-order valence-electron chi connectivity index (χ3n) is 3.63. The number of carbonyl (C=O) groups excluding carboxylic acids is 1. The Morgan fingerprint density at radius 1 is 1.14 bits per heavy atom. The molecule has 5 heteroatoms. The Morgan fingerprint density at radius 2 is 1.81 bits per heavy atom. The van der Waals surface area contributed by atoms with E-state index in [9.17, 15) is 4.79 Å². The molecule has 0 atom stereocenters. The number of nitrogens with one attached hydrogen (secondary N) is 1. The highest BCUT2D eigenvalue weighted by atomic mass is 16.5. The van der Waals surface area contributed by atoms with Crippen molar-refractivity contribution in [3.05, 3.63) is 29.8 Å². The summed E-state index contributed by atoms with van der Waals surface area (Å²) in [5.74, 6) is 0.919. The van der Waals surface area contributed by atoms with Crippen molar-refractivity contribution in [2.24, 2.45) is 0 Å². The lowest BCUT2D eigenvalue weighted by Gasteiger charge is -2.34. The van der Waals surface area contributed by atoms with Gasteiger partial charge in [-0.25, -0.2) is 4.79 Å². The SMILES string of the molecule is CCNC(=O)N1CCN(Cc2ccc(OCC)cc2)CC1. The van der Waals surface area contributed by atoms with Crippen LogP contribution in [0.3, 0.4) is 0 Å². The molecule has 5 nitrogen and oxygen atoms in total. The molecule has 1 aromatic rings. The Balaban J connectivity index is 1.79. The van der Waals surface area contributed by atoms with Crippen molar-refractivity contribution in [1.82, 2.24) is 15.1 Å². The molecule has 0 spiro atoms. The Bertz CT molecular complexity index is 439. The molecule has 1 saturated heterocycles.